The lowest BCUT2D eigenvalue weighted by molar-refractivity contribution is -0.126. The number of carbonyl (C=O) groups is 2. The average molecular weight is 445 g/mol. The largest absolute Gasteiger partial charge is 0.444 e. The topological polar surface area (TPSA) is 83.6 Å². The molecule has 2 amide bonds. The van der Waals surface area contributed by atoms with Crippen LogP contribution in [0, 0.1) is 5.92 Å². The molecule has 1 aliphatic heterocycles. The van der Waals surface area contributed by atoms with Gasteiger partial charge in [0.1, 0.15) is 5.60 Å². The second-order valence-electron chi connectivity index (χ2n) is 10.4. The first-order valence-electron chi connectivity index (χ1n) is 12.1. The number of rotatable bonds is 7. The van der Waals surface area contributed by atoms with Crippen molar-refractivity contribution >= 4 is 12.0 Å². The van der Waals surface area contributed by atoms with Crippen LogP contribution >= 0.6 is 0 Å². The van der Waals surface area contributed by atoms with Crippen molar-refractivity contribution in [3.05, 3.63) is 29.6 Å². The molecule has 178 valence electrons. The molecule has 32 heavy (non-hydrogen) atoms. The molecule has 7 heteroatoms. The molecule has 0 bridgehead atoms. The Labute approximate surface area is 192 Å². The van der Waals surface area contributed by atoms with Crippen LogP contribution in [0.4, 0.5) is 4.79 Å². The van der Waals surface area contributed by atoms with Crippen molar-refractivity contribution < 1.29 is 14.3 Å². The van der Waals surface area contributed by atoms with Gasteiger partial charge in [0.2, 0.25) is 5.91 Å². The third kappa shape index (κ3) is 7.47. The minimum atomic E-state index is -0.495. The molecule has 2 N–H and O–H groups in total. The number of nitrogens with one attached hydrogen (secondary N) is 2. The summed E-state index contributed by atoms with van der Waals surface area (Å²) >= 11 is 0. The molecule has 1 saturated carbocycles. The van der Waals surface area contributed by atoms with Gasteiger partial charge in [0, 0.05) is 36.9 Å². The van der Waals surface area contributed by atoms with Crippen LogP contribution in [0.2, 0.25) is 0 Å². The minimum absolute atomic E-state index is 0.0367. The highest BCUT2D eigenvalue weighted by Crippen LogP contribution is 2.30. The molecule has 1 aromatic heterocycles. The molecule has 1 saturated heterocycles. The monoisotopic (exact) mass is 444 g/mol. The van der Waals surface area contributed by atoms with Gasteiger partial charge in [-0.1, -0.05) is 6.07 Å². The van der Waals surface area contributed by atoms with Crippen LogP contribution in [0.3, 0.4) is 0 Å². The smallest absolute Gasteiger partial charge is 0.407 e. The lowest BCUT2D eigenvalue weighted by Crippen LogP contribution is -2.43. The van der Waals surface area contributed by atoms with E-state index >= 15 is 0 Å². The van der Waals surface area contributed by atoms with Crippen molar-refractivity contribution in [2.45, 2.75) is 89.8 Å². The minimum Gasteiger partial charge on any atom is -0.444 e. The zero-order valence-electron chi connectivity index (χ0n) is 20.2. The molecule has 2 fully saturated rings. The normalized spacial score (nSPS) is 24.2. The molecular weight excluding hydrogens is 404 g/mol. The first-order chi connectivity index (χ1) is 15.2. The fourth-order valence-corrected chi connectivity index (χ4v) is 4.78. The third-order valence-electron chi connectivity index (χ3n) is 6.48. The molecule has 0 aromatic carbocycles. The van der Waals surface area contributed by atoms with E-state index in [1.807, 2.05) is 33.2 Å². The Bertz CT molecular complexity index is 769. The standard InChI is InChI=1S/C25H40N4O3/c1-25(2,3)32-24(31)28-21-11-9-19(10-12-21)23(30)27-13-5-7-18-15-20(17-26-16-18)22-8-6-14-29(22)4/h15-17,19,21-22H,5-14H2,1-4H3,(H,27,30)(H,28,31)/t19-,21-,22-/m0/s1. The fourth-order valence-electron chi connectivity index (χ4n) is 4.78. The summed E-state index contributed by atoms with van der Waals surface area (Å²) in [6.45, 7) is 7.40. The van der Waals surface area contributed by atoms with Crippen molar-refractivity contribution in [1.82, 2.24) is 20.5 Å². The summed E-state index contributed by atoms with van der Waals surface area (Å²) in [5, 5.41) is 6.04. The van der Waals surface area contributed by atoms with Gasteiger partial charge < -0.3 is 15.4 Å². The number of aryl methyl sites for hydroxylation is 1. The summed E-state index contributed by atoms with van der Waals surface area (Å²) in [7, 11) is 2.18. The molecular formula is C25H40N4O3. The first kappa shape index (κ1) is 24.5. The molecule has 2 aliphatic rings. The molecule has 0 spiro atoms. The van der Waals surface area contributed by atoms with Gasteiger partial charge in [-0.05, 0) is 96.9 Å². The third-order valence-corrected chi connectivity index (χ3v) is 6.48. The summed E-state index contributed by atoms with van der Waals surface area (Å²) < 4.78 is 5.32. The maximum Gasteiger partial charge on any atom is 0.407 e. The molecule has 1 aliphatic carbocycles. The van der Waals surface area contributed by atoms with E-state index < -0.39 is 5.60 Å². The summed E-state index contributed by atoms with van der Waals surface area (Å²) in [4.78, 5) is 31.3. The summed E-state index contributed by atoms with van der Waals surface area (Å²) in [5.41, 5.74) is 2.06. The highest BCUT2D eigenvalue weighted by Gasteiger charge is 2.28. The van der Waals surface area contributed by atoms with Gasteiger partial charge in [-0.2, -0.15) is 0 Å². The van der Waals surface area contributed by atoms with Crippen molar-refractivity contribution in [3.63, 3.8) is 0 Å². The van der Waals surface area contributed by atoms with Crippen LogP contribution in [-0.2, 0) is 16.0 Å². The summed E-state index contributed by atoms with van der Waals surface area (Å²) in [6, 6.07) is 2.86. The van der Waals surface area contributed by atoms with Crippen LogP contribution in [0.5, 0.6) is 0 Å². The molecule has 0 unspecified atom stereocenters. The number of pyridine rings is 1. The number of hydrogen-bond donors (Lipinski definition) is 2. The number of ether oxygens (including phenoxy) is 1. The molecule has 1 aromatic rings. The number of amides is 2. The first-order valence-corrected chi connectivity index (χ1v) is 12.1. The molecule has 0 radical (unpaired) electrons. The Hall–Kier alpha value is -2.15. The number of aromatic nitrogens is 1. The maximum absolute atomic E-state index is 12.5. The Morgan fingerprint density at radius 3 is 2.56 bits per heavy atom. The number of alkyl carbamates (subject to hydrolysis) is 1. The second kappa shape index (κ2) is 11.1. The Kier molecular flexibility index (Phi) is 8.51. The molecule has 7 nitrogen and oxygen atoms in total. The average Bonchev–Trinajstić information content (AvgIpc) is 3.16. The molecule has 2 heterocycles. The fraction of sp³-hybridized carbons (Fsp3) is 0.720. The number of likely N-dealkylation sites (tertiary alicyclic amines) is 1. The van der Waals surface area contributed by atoms with Gasteiger partial charge in [-0.25, -0.2) is 4.79 Å². The van der Waals surface area contributed by atoms with Gasteiger partial charge in [0.15, 0.2) is 0 Å². The summed E-state index contributed by atoms with van der Waals surface area (Å²) in [6.07, 6.45) is 11.1. The zero-order chi connectivity index (χ0) is 23.1. The van der Waals surface area contributed by atoms with E-state index in [1.54, 1.807) is 0 Å². The van der Waals surface area contributed by atoms with E-state index in [0.717, 1.165) is 45.1 Å². The van der Waals surface area contributed by atoms with E-state index in [2.05, 4.69) is 33.6 Å². The van der Waals surface area contributed by atoms with Crippen LogP contribution in [-0.4, -0.2) is 53.7 Å². The van der Waals surface area contributed by atoms with Crippen LogP contribution < -0.4 is 10.6 Å². The van der Waals surface area contributed by atoms with E-state index in [1.165, 1.54) is 24.0 Å². The van der Waals surface area contributed by atoms with E-state index in [9.17, 15) is 9.59 Å². The molecule has 1 atom stereocenters. The van der Waals surface area contributed by atoms with Crippen LogP contribution in [0.1, 0.15) is 82.9 Å². The Morgan fingerprint density at radius 2 is 1.91 bits per heavy atom. The number of nitrogens with zero attached hydrogens (tertiary/aromatic N) is 2. The second-order valence-corrected chi connectivity index (χ2v) is 10.4. The summed E-state index contributed by atoms with van der Waals surface area (Å²) in [5.74, 6) is 0.176. The SMILES string of the molecule is CN1CCC[C@H]1c1cncc(CCCNC(=O)[C@H]2CC[C@H](NC(=O)OC(C)(C)C)CC2)c1. The van der Waals surface area contributed by atoms with Gasteiger partial charge in [0.05, 0.1) is 0 Å². The Balaban J connectivity index is 1.33. The van der Waals surface area contributed by atoms with Gasteiger partial charge in [0.25, 0.3) is 0 Å². The zero-order valence-corrected chi connectivity index (χ0v) is 20.2. The lowest BCUT2D eigenvalue weighted by atomic mass is 9.85. The Morgan fingerprint density at radius 1 is 1.16 bits per heavy atom. The molecule has 3 rings (SSSR count). The lowest BCUT2D eigenvalue weighted by Gasteiger charge is -2.29. The highest BCUT2D eigenvalue weighted by molar-refractivity contribution is 5.78. The van der Waals surface area contributed by atoms with E-state index in [4.69, 9.17) is 4.74 Å². The van der Waals surface area contributed by atoms with Crippen molar-refractivity contribution in [2.75, 3.05) is 20.1 Å². The predicted octanol–water partition coefficient (Wildman–Crippen LogP) is 3.98. The van der Waals surface area contributed by atoms with Gasteiger partial charge in [-0.3, -0.25) is 14.7 Å². The number of carbonyl (C=O) groups excluding carboxylic acids is 2. The van der Waals surface area contributed by atoms with Crippen molar-refractivity contribution in [3.8, 4) is 0 Å². The van der Waals surface area contributed by atoms with Crippen LogP contribution in [0.15, 0.2) is 18.5 Å². The quantitative estimate of drug-likeness (QED) is 0.622. The maximum atomic E-state index is 12.5. The van der Waals surface area contributed by atoms with Gasteiger partial charge >= 0.3 is 6.09 Å². The van der Waals surface area contributed by atoms with Crippen LogP contribution in [0.25, 0.3) is 0 Å². The van der Waals surface area contributed by atoms with Gasteiger partial charge in [-0.15, -0.1) is 0 Å². The van der Waals surface area contributed by atoms with Crippen molar-refractivity contribution in [2.24, 2.45) is 5.92 Å². The van der Waals surface area contributed by atoms with E-state index in [0.29, 0.717) is 12.6 Å². The highest BCUT2D eigenvalue weighted by atomic mass is 16.6. The number of hydrogen-bond acceptors (Lipinski definition) is 5. The van der Waals surface area contributed by atoms with E-state index in [-0.39, 0.29) is 24.0 Å². The predicted molar refractivity (Wildman–Crippen MR) is 125 cm³/mol. The van der Waals surface area contributed by atoms with Crippen molar-refractivity contribution in [1.29, 1.82) is 0 Å².